The van der Waals surface area contributed by atoms with Crippen molar-refractivity contribution >= 4 is 11.0 Å². The molecule has 1 aromatic heterocycles. The van der Waals surface area contributed by atoms with Crippen LogP contribution in [0.4, 0.5) is 0 Å². The van der Waals surface area contributed by atoms with Gasteiger partial charge in [-0.2, -0.15) is 0 Å². The average Bonchev–Trinajstić information content (AvgIpc) is 3.08. The molecule has 0 amide bonds. The minimum absolute atomic E-state index is 0.287. The van der Waals surface area contributed by atoms with Crippen LogP contribution >= 0.6 is 0 Å². The van der Waals surface area contributed by atoms with Crippen LogP contribution < -0.4 is 4.57 Å². The van der Waals surface area contributed by atoms with Gasteiger partial charge in [-0.1, -0.05) is 72.8 Å². The van der Waals surface area contributed by atoms with Crippen LogP contribution in [0.3, 0.4) is 0 Å². The van der Waals surface area contributed by atoms with Gasteiger partial charge in [-0.25, -0.2) is 9.13 Å². The highest BCUT2D eigenvalue weighted by Gasteiger charge is 2.24. The van der Waals surface area contributed by atoms with Gasteiger partial charge < -0.3 is 0 Å². The molecular formula is C23H23N2+. The molecule has 2 atom stereocenters. The first kappa shape index (κ1) is 15.6. The Kier molecular flexibility index (Phi) is 4.10. The third kappa shape index (κ3) is 2.85. The van der Waals surface area contributed by atoms with Crippen LogP contribution in [-0.2, 0) is 0 Å². The van der Waals surface area contributed by atoms with Crippen molar-refractivity contribution in [1.82, 2.24) is 4.57 Å². The summed E-state index contributed by atoms with van der Waals surface area (Å²) in [7, 11) is 0. The molecule has 2 heteroatoms. The van der Waals surface area contributed by atoms with Crippen molar-refractivity contribution in [2.75, 3.05) is 0 Å². The highest BCUT2D eigenvalue weighted by Crippen LogP contribution is 2.24. The Labute approximate surface area is 149 Å². The molecule has 0 N–H and O–H groups in total. The second kappa shape index (κ2) is 6.56. The number of para-hydroxylation sites is 2. The zero-order valence-electron chi connectivity index (χ0n) is 14.7. The quantitative estimate of drug-likeness (QED) is 0.459. The van der Waals surface area contributed by atoms with Crippen LogP contribution in [0, 0.1) is 0 Å². The second-order valence-electron chi connectivity index (χ2n) is 6.59. The maximum absolute atomic E-state index is 2.38. The molecule has 124 valence electrons. The summed E-state index contributed by atoms with van der Waals surface area (Å²) in [6.45, 7) is 4.53. The number of fused-ring (bicyclic) bond motifs is 1. The number of nitrogens with zero attached hydrogens (tertiary/aromatic N) is 2. The molecule has 0 radical (unpaired) electrons. The molecule has 0 aliphatic carbocycles. The van der Waals surface area contributed by atoms with E-state index >= 15 is 0 Å². The van der Waals surface area contributed by atoms with E-state index in [1.165, 1.54) is 22.2 Å². The molecule has 0 saturated carbocycles. The molecule has 4 aromatic rings. The van der Waals surface area contributed by atoms with Gasteiger partial charge in [0.25, 0.3) is 0 Å². The Morgan fingerprint density at radius 1 is 0.680 bits per heavy atom. The highest BCUT2D eigenvalue weighted by atomic mass is 15.2. The predicted molar refractivity (Wildman–Crippen MR) is 103 cm³/mol. The summed E-state index contributed by atoms with van der Waals surface area (Å²) in [5, 5.41) is 0. The van der Waals surface area contributed by atoms with Crippen molar-refractivity contribution in [2.45, 2.75) is 25.9 Å². The van der Waals surface area contributed by atoms with E-state index in [0.29, 0.717) is 0 Å². The minimum Gasteiger partial charge on any atom is -0.223 e. The molecule has 0 unspecified atom stereocenters. The first-order valence-electron chi connectivity index (χ1n) is 8.86. The molecule has 0 spiro atoms. The summed E-state index contributed by atoms with van der Waals surface area (Å²) >= 11 is 0. The lowest BCUT2D eigenvalue weighted by Gasteiger charge is -2.10. The van der Waals surface area contributed by atoms with E-state index in [9.17, 15) is 0 Å². The summed E-state index contributed by atoms with van der Waals surface area (Å²) in [5.41, 5.74) is 5.17. The van der Waals surface area contributed by atoms with Crippen molar-refractivity contribution in [2.24, 2.45) is 0 Å². The van der Waals surface area contributed by atoms with E-state index in [0.717, 1.165) is 0 Å². The number of aromatic nitrogens is 2. The zero-order chi connectivity index (χ0) is 17.2. The van der Waals surface area contributed by atoms with Crippen molar-refractivity contribution in [3.63, 3.8) is 0 Å². The largest absolute Gasteiger partial charge is 0.245 e. The summed E-state index contributed by atoms with van der Waals surface area (Å²) in [4.78, 5) is 0. The lowest BCUT2D eigenvalue weighted by molar-refractivity contribution is -0.686. The molecule has 0 saturated heterocycles. The van der Waals surface area contributed by atoms with Gasteiger partial charge in [-0.15, -0.1) is 0 Å². The number of benzene rings is 3. The smallest absolute Gasteiger partial charge is 0.223 e. The molecule has 0 bridgehead atoms. The van der Waals surface area contributed by atoms with Crippen LogP contribution in [-0.4, -0.2) is 4.57 Å². The van der Waals surface area contributed by atoms with Crippen LogP contribution in [0.1, 0.15) is 37.1 Å². The summed E-state index contributed by atoms with van der Waals surface area (Å²) in [6.07, 6.45) is 2.26. The maximum Gasteiger partial charge on any atom is 0.245 e. The van der Waals surface area contributed by atoms with Gasteiger partial charge in [-0.05, 0) is 37.1 Å². The molecule has 0 aliphatic heterocycles. The van der Waals surface area contributed by atoms with Crippen molar-refractivity contribution in [3.05, 3.63) is 102 Å². The molecule has 2 nitrogen and oxygen atoms in total. The van der Waals surface area contributed by atoms with E-state index < -0.39 is 0 Å². The third-order valence-corrected chi connectivity index (χ3v) is 5.09. The SMILES string of the molecule is C[C@@H](c1ccccc1)n1c[n+]([C@@H](C)c2ccccc2)c2ccccc21. The molecule has 0 fully saturated rings. The molecule has 0 aliphatic rings. The van der Waals surface area contributed by atoms with E-state index in [1.807, 2.05) is 0 Å². The lowest BCUT2D eigenvalue weighted by Crippen LogP contribution is -2.37. The standard InChI is InChI=1S/C23H23N2/c1-18(20-11-5-3-6-12-20)24-17-25(23-16-10-9-15-22(23)24)19(2)21-13-7-4-8-14-21/h3-19H,1-2H3/q+1/t18-,19-/m0/s1. The molecule has 25 heavy (non-hydrogen) atoms. The minimum atomic E-state index is 0.287. The Balaban J connectivity index is 1.85. The van der Waals surface area contributed by atoms with Gasteiger partial charge in [0.1, 0.15) is 12.1 Å². The molecule has 3 aromatic carbocycles. The van der Waals surface area contributed by atoms with E-state index in [1.54, 1.807) is 0 Å². The first-order chi connectivity index (χ1) is 12.3. The number of hydrogen-bond acceptors (Lipinski definition) is 0. The number of imidazole rings is 1. The van der Waals surface area contributed by atoms with Gasteiger partial charge in [0.2, 0.25) is 6.33 Å². The summed E-state index contributed by atoms with van der Waals surface area (Å²) in [6, 6.07) is 30.6. The van der Waals surface area contributed by atoms with Gasteiger partial charge in [-0.3, -0.25) is 0 Å². The van der Waals surface area contributed by atoms with E-state index in [-0.39, 0.29) is 12.1 Å². The number of hydrogen-bond donors (Lipinski definition) is 0. The maximum atomic E-state index is 2.38. The van der Waals surface area contributed by atoms with Crippen LogP contribution in [0.2, 0.25) is 0 Å². The molecule has 1 heterocycles. The van der Waals surface area contributed by atoms with Crippen LogP contribution in [0.25, 0.3) is 11.0 Å². The molecular weight excluding hydrogens is 304 g/mol. The highest BCUT2D eigenvalue weighted by molar-refractivity contribution is 5.72. The molecule has 4 rings (SSSR count). The van der Waals surface area contributed by atoms with Gasteiger partial charge in [0.15, 0.2) is 11.0 Å². The monoisotopic (exact) mass is 327 g/mol. The fourth-order valence-electron chi connectivity index (χ4n) is 3.56. The lowest BCUT2D eigenvalue weighted by atomic mass is 10.1. The van der Waals surface area contributed by atoms with E-state index in [2.05, 4.69) is 114 Å². The van der Waals surface area contributed by atoms with Crippen LogP contribution in [0.5, 0.6) is 0 Å². The summed E-state index contributed by atoms with van der Waals surface area (Å²) < 4.78 is 4.76. The Bertz CT molecular complexity index is 891. The van der Waals surface area contributed by atoms with Crippen molar-refractivity contribution < 1.29 is 4.57 Å². The Morgan fingerprint density at radius 2 is 1.24 bits per heavy atom. The average molecular weight is 327 g/mol. The third-order valence-electron chi connectivity index (χ3n) is 5.09. The fraction of sp³-hybridized carbons (Fsp3) is 0.174. The van der Waals surface area contributed by atoms with Crippen molar-refractivity contribution in [1.29, 1.82) is 0 Å². The van der Waals surface area contributed by atoms with Gasteiger partial charge in [0.05, 0.1) is 0 Å². The topological polar surface area (TPSA) is 8.81 Å². The second-order valence-corrected chi connectivity index (χ2v) is 6.59. The predicted octanol–water partition coefficient (Wildman–Crippen LogP) is 5.15. The van der Waals surface area contributed by atoms with E-state index in [4.69, 9.17) is 0 Å². The Hall–Kier alpha value is -2.87. The van der Waals surface area contributed by atoms with Crippen molar-refractivity contribution in [3.8, 4) is 0 Å². The zero-order valence-corrected chi connectivity index (χ0v) is 14.7. The van der Waals surface area contributed by atoms with Gasteiger partial charge in [0, 0.05) is 0 Å². The van der Waals surface area contributed by atoms with Crippen LogP contribution in [0.15, 0.2) is 91.3 Å². The fourth-order valence-corrected chi connectivity index (χ4v) is 3.56. The number of rotatable bonds is 4. The summed E-state index contributed by atoms with van der Waals surface area (Å²) in [5.74, 6) is 0. The first-order valence-corrected chi connectivity index (χ1v) is 8.86. The van der Waals surface area contributed by atoms with Gasteiger partial charge >= 0.3 is 0 Å². The normalized spacial score (nSPS) is 13.7. The Morgan fingerprint density at radius 3 is 1.92 bits per heavy atom.